The number of halogens is 2. The summed E-state index contributed by atoms with van der Waals surface area (Å²) >= 11 is 12.4. The summed E-state index contributed by atoms with van der Waals surface area (Å²) < 4.78 is 1.77. The van der Waals surface area contributed by atoms with E-state index in [0.29, 0.717) is 21.5 Å². The summed E-state index contributed by atoms with van der Waals surface area (Å²) in [5.41, 5.74) is 4.23. The Kier molecular flexibility index (Phi) is 6.14. The number of benzene rings is 2. The Hall–Kier alpha value is -2.34. The number of nitrogens with one attached hydrogen (secondary N) is 1. The zero-order valence-electron chi connectivity index (χ0n) is 17.0. The molecule has 156 valence electrons. The number of carbonyl (C=O) groups is 1. The molecule has 30 heavy (non-hydrogen) atoms. The molecule has 0 bridgehead atoms. The fourth-order valence-electron chi connectivity index (χ4n) is 3.43. The van der Waals surface area contributed by atoms with Crippen molar-refractivity contribution in [2.24, 2.45) is 0 Å². The lowest BCUT2D eigenvalue weighted by Gasteiger charge is -2.12. The van der Waals surface area contributed by atoms with E-state index in [0.717, 1.165) is 42.9 Å². The third-order valence-electron chi connectivity index (χ3n) is 5.21. The topological polar surface area (TPSA) is 50.2 Å². The van der Waals surface area contributed by atoms with Gasteiger partial charge in [0.15, 0.2) is 0 Å². The predicted molar refractivity (Wildman–Crippen MR) is 122 cm³/mol. The fraction of sp³-hybridized carbons (Fsp3) is 0.304. The standard InChI is InChI=1S/C23H24Cl2N4O/c1-28(2)12-11-15-3-8-18(9-4-15)27-23(30)19-14-26-29(22(19)16-5-6-16)21-10-7-17(24)13-20(21)25/h3-4,7-10,13-14,16H,5-6,11-12H2,1-2H3,(H,27,30). The molecule has 1 aliphatic carbocycles. The Labute approximate surface area is 186 Å². The first-order valence-corrected chi connectivity index (χ1v) is 10.8. The first-order valence-electron chi connectivity index (χ1n) is 10.0. The third kappa shape index (κ3) is 4.69. The van der Waals surface area contributed by atoms with E-state index in [1.807, 2.05) is 18.2 Å². The molecule has 0 aliphatic heterocycles. The number of nitrogens with zero attached hydrogens (tertiary/aromatic N) is 3. The predicted octanol–water partition coefficient (Wildman–Crippen LogP) is 5.41. The normalized spacial score (nSPS) is 13.6. The Balaban J connectivity index is 1.55. The summed E-state index contributed by atoms with van der Waals surface area (Å²) in [6.45, 7) is 0.989. The SMILES string of the molecule is CN(C)CCc1ccc(NC(=O)c2cnn(-c3ccc(Cl)cc3Cl)c2C2CC2)cc1. The molecule has 1 fully saturated rings. The van der Waals surface area contributed by atoms with Crippen LogP contribution in [0.2, 0.25) is 10.0 Å². The summed E-state index contributed by atoms with van der Waals surface area (Å²) in [7, 11) is 4.12. The van der Waals surface area contributed by atoms with Crippen LogP contribution in [-0.4, -0.2) is 41.2 Å². The first kappa shape index (κ1) is 20.9. The molecule has 3 aromatic rings. The number of hydrogen-bond donors (Lipinski definition) is 1. The zero-order chi connectivity index (χ0) is 21.3. The van der Waals surface area contributed by atoms with Crippen LogP contribution in [0, 0.1) is 0 Å². The molecule has 0 atom stereocenters. The quantitative estimate of drug-likeness (QED) is 0.531. The van der Waals surface area contributed by atoms with Crippen LogP contribution in [0.15, 0.2) is 48.7 Å². The molecule has 0 radical (unpaired) electrons. The largest absolute Gasteiger partial charge is 0.322 e. The lowest BCUT2D eigenvalue weighted by Crippen LogP contribution is -2.15. The molecule has 4 rings (SSSR count). The Bertz CT molecular complexity index is 1060. The van der Waals surface area contributed by atoms with Crippen molar-refractivity contribution < 1.29 is 4.79 Å². The van der Waals surface area contributed by atoms with Gasteiger partial charge in [0.25, 0.3) is 5.91 Å². The number of rotatable bonds is 7. The number of likely N-dealkylation sites (N-methyl/N-ethyl adjacent to an activating group) is 1. The van der Waals surface area contributed by atoms with Crippen molar-refractivity contribution >= 4 is 34.8 Å². The van der Waals surface area contributed by atoms with Crippen molar-refractivity contribution in [3.8, 4) is 5.69 Å². The summed E-state index contributed by atoms with van der Waals surface area (Å²) in [4.78, 5) is 15.2. The first-order chi connectivity index (χ1) is 14.4. The van der Waals surface area contributed by atoms with Crippen LogP contribution < -0.4 is 5.32 Å². The second-order valence-electron chi connectivity index (χ2n) is 7.93. The maximum absolute atomic E-state index is 13.0. The summed E-state index contributed by atoms with van der Waals surface area (Å²) in [6.07, 6.45) is 4.68. The highest BCUT2D eigenvalue weighted by Gasteiger charge is 2.33. The number of aromatic nitrogens is 2. The van der Waals surface area contributed by atoms with Gasteiger partial charge in [-0.25, -0.2) is 4.68 Å². The number of hydrogen-bond acceptors (Lipinski definition) is 3. The van der Waals surface area contributed by atoms with Gasteiger partial charge in [-0.1, -0.05) is 35.3 Å². The number of anilines is 1. The zero-order valence-corrected chi connectivity index (χ0v) is 18.5. The molecular weight excluding hydrogens is 419 g/mol. The monoisotopic (exact) mass is 442 g/mol. The number of amides is 1. The molecular formula is C23H24Cl2N4O. The maximum Gasteiger partial charge on any atom is 0.259 e. The molecule has 1 N–H and O–H groups in total. The van der Waals surface area contributed by atoms with Gasteiger partial charge in [0.2, 0.25) is 0 Å². The molecule has 1 heterocycles. The molecule has 7 heteroatoms. The van der Waals surface area contributed by atoms with Gasteiger partial charge >= 0.3 is 0 Å². The molecule has 0 saturated heterocycles. The van der Waals surface area contributed by atoms with Crippen LogP contribution in [0.4, 0.5) is 5.69 Å². The molecule has 5 nitrogen and oxygen atoms in total. The van der Waals surface area contributed by atoms with Crippen molar-refractivity contribution in [2.75, 3.05) is 26.0 Å². The fourth-order valence-corrected chi connectivity index (χ4v) is 3.92. The van der Waals surface area contributed by atoms with E-state index in [9.17, 15) is 4.79 Å². The summed E-state index contributed by atoms with van der Waals surface area (Å²) in [5.74, 6) is 0.155. The minimum absolute atomic E-state index is 0.158. The summed E-state index contributed by atoms with van der Waals surface area (Å²) in [6, 6.07) is 13.3. The molecule has 1 amide bonds. The van der Waals surface area contributed by atoms with E-state index in [1.54, 1.807) is 23.0 Å². The second-order valence-corrected chi connectivity index (χ2v) is 8.77. The highest BCUT2D eigenvalue weighted by Crippen LogP contribution is 2.43. The number of carbonyl (C=O) groups excluding carboxylic acids is 1. The van der Waals surface area contributed by atoms with E-state index >= 15 is 0 Å². The Morgan fingerprint density at radius 3 is 2.53 bits per heavy atom. The van der Waals surface area contributed by atoms with Gasteiger partial charge in [-0.15, -0.1) is 0 Å². The van der Waals surface area contributed by atoms with E-state index in [1.165, 1.54) is 5.56 Å². The van der Waals surface area contributed by atoms with E-state index in [-0.39, 0.29) is 5.91 Å². The molecule has 1 aliphatic rings. The van der Waals surface area contributed by atoms with Gasteiger partial charge in [-0.2, -0.15) is 5.10 Å². The van der Waals surface area contributed by atoms with E-state index in [2.05, 4.69) is 41.5 Å². The average molecular weight is 443 g/mol. The second kappa shape index (κ2) is 8.80. The smallest absolute Gasteiger partial charge is 0.259 e. The van der Waals surface area contributed by atoms with Crippen molar-refractivity contribution in [1.29, 1.82) is 0 Å². The van der Waals surface area contributed by atoms with Crippen LogP contribution in [0.1, 0.15) is 40.4 Å². The third-order valence-corrected chi connectivity index (χ3v) is 5.75. The van der Waals surface area contributed by atoms with E-state index < -0.39 is 0 Å². The van der Waals surface area contributed by atoms with Gasteiger partial charge in [0, 0.05) is 23.2 Å². The molecule has 2 aromatic carbocycles. The Morgan fingerprint density at radius 2 is 1.90 bits per heavy atom. The van der Waals surface area contributed by atoms with Crippen LogP contribution in [0.3, 0.4) is 0 Å². The molecule has 0 spiro atoms. The van der Waals surface area contributed by atoms with Crippen molar-refractivity contribution in [3.05, 3.63) is 75.5 Å². The highest BCUT2D eigenvalue weighted by atomic mass is 35.5. The van der Waals surface area contributed by atoms with Crippen LogP contribution in [0.5, 0.6) is 0 Å². The van der Waals surface area contributed by atoms with E-state index in [4.69, 9.17) is 23.2 Å². The lowest BCUT2D eigenvalue weighted by molar-refractivity contribution is 0.102. The minimum atomic E-state index is -0.158. The highest BCUT2D eigenvalue weighted by molar-refractivity contribution is 6.35. The van der Waals surface area contributed by atoms with Gasteiger partial charge < -0.3 is 10.2 Å². The molecule has 0 unspecified atom stereocenters. The minimum Gasteiger partial charge on any atom is -0.322 e. The van der Waals surface area contributed by atoms with Gasteiger partial charge in [-0.05, 0) is 69.3 Å². The van der Waals surface area contributed by atoms with Gasteiger partial charge in [0.05, 0.1) is 28.2 Å². The lowest BCUT2D eigenvalue weighted by atomic mass is 10.1. The van der Waals surface area contributed by atoms with Gasteiger partial charge in [-0.3, -0.25) is 4.79 Å². The Morgan fingerprint density at radius 1 is 1.17 bits per heavy atom. The van der Waals surface area contributed by atoms with Crippen molar-refractivity contribution in [2.45, 2.75) is 25.2 Å². The molecule has 1 aromatic heterocycles. The van der Waals surface area contributed by atoms with Crippen LogP contribution in [0.25, 0.3) is 5.69 Å². The average Bonchev–Trinajstić information content (AvgIpc) is 3.46. The van der Waals surface area contributed by atoms with Gasteiger partial charge in [0.1, 0.15) is 0 Å². The van der Waals surface area contributed by atoms with Crippen molar-refractivity contribution in [1.82, 2.24) is 14.7 Å². The van der Waals surface area contributed by atoms with Crippen LogP contribution in [-0.2, 0) is 6.42 Å². The van der Waals surface area contributed by atoms with Crippen LogP contribution >= 0.6 is 23.2 Å². The maximum atomic E-state index is 13.0. The summed E-state index contributed by atoms with van der Waals surface area (Å²) in [5, 5.41) is 8.56. The molecule has 1 saturated carbocycles. The van der Waals surface area contributed by atoms with Crippen molar-refractivity contribution in [3.63, 3.8) is 0 Å².